The van der Waals surface area contributed by atoms with E-state index in [1.165, 1.54) is 0 Å². The molecular formula is C12H14BrF3O. The molecule has 1 aromatic rings. The average Bonchev–Trinajstić information content (AvgIpc) is 2.27. The lowest BCUT2D eigenvalue weighted by molar-refractivity contribution is -0.132. The van der Waals surface area contributed by atoms with E-state index in [0.717, 1.165) is 18.4 Å². The van der Waals surface area contributed by atoms with Gasteiger partial charge < -0.3 is 4.74 Å². The summed E-state index contributed by atoms with van der Waals surface area (Å²) in [5.41, 5.74) is 1.16. The fourth-order valence-corrected chi connectivity index (χ4v) is 1.44. The molecule has 0 aliphatic heterocycles. The van der Waals surface area contributed by atoms with Crippen molar-refractivity contribution in [2.75, 3.05) is 6.61 Å². The Hall–Kier alpha value is -0.710. The molecule has 0 spiro atoms. The van der Waals surface area contributed by atoms with Crippen molar-refractivity contribution in [3.05, 3.63) is 29.8 Å². The van der Waals surface area contributed by atoms with Gasteiger partial charge in [0, 0.05) is 0 Å². The van der Waals surface area contributed by atoms with Crippen molar-refractivity contribution in [1.29, 1.82) is 0 Å². The van der Waals surface area contributed by atoms with Crippen molar-refractivity contribution in [3.8, 4) is 5.75 Å². The molecule has 0 amide bonds. The highest BCUT2D eigenvalue weighted by molar-refractivity contribution is 9.09. The number of rotatable bonds is 5. The molecular weight excluding hydrogens is 297 g/mol. The van der Waals surface area contributed by atoms with Crippen molar-refractivity contribution >= 4 is 15.9 Å². The lowest BCUT2D eigenvalue weighted by Gasteiger charge is -2.14. The molecule has 1 atom stereocenters. The van der Waals surface area contributed by atoms with Gasteiger partial charge in [-0.05, 0) is 24.1 Å². The maximum absolute atomic E-state index is 12.2. The Labute approximate surface area is 107 Å². The molecule has 1 unspecified atom stereocenters. The minimum atomic E-state index is -4.28. The highest BCUT2D eigenvalue weighted by atomic mass is 79.9. The van der Waals surface area contributed by atoms with E-state index < -0.39 is 17.6 Å². The number of halogens is 4. The Balaban J connectivity index is 2.47. The van der Waals surface area contributed by atoms with Crippen LogP contribution in [0.15, 0.2) is 24.3 Å². The quantitative estimate of drug-likeness (QED) is 0.735. The van der Waals surface area contributed by atoms with Crippen molar-refractivity contribution in [1.82, 2.24) is 0 Å². The minimum absolute atomic E-state index is 0.420. The summed E-state index contributed by atoms with van der Waals surface area (Å²) in [6.45, 7) is 1.65. The molecule has 0 fully saturated rings. The number of alkyl halides is 4. The molecule has 0 saturated heterocycles. The van der Waals surface area contributed by atoms with E-state index in [4.69, 9.17) is 4.74 Å². The molecule has 0 aromatic heterocycles. The summed E-state index contributed by atoms with van der Waals surface area (Å²) in [5.74, 6) is 0.457. The first-order valence-electron chi connectivity index (χ1n) is 5.36. The molecule has 0 heterocycles. The van der Waals surface area contributed by atoms with E-state index >= 15 is 0 Å². The lowest BCUT2D eigenvalue weighted by Crippen LogP contribution is -2.28. The Morgan fingerprint density at radius 3 is 2.29 bits per heavy atom. The molecule has 0 saturated carbocycles. The smallest absolute Gasteiger partial charge is 0.404 e. The van der Waals surface area contributed by atoms with Crippen LogP contribution in [0.2, 0.25) is 0 Å². The van der Waals surface area contributed by atoms with Gasteiger partial charge in [0.15, 0.2) is 0 Å². The van der Waals surface area contributed by atoms with Crippen molar-refractivity contribution in [2.24, 2.45) is 0 Å². The maximum atomic E-state index is 12.2. The van der Waals surface area contributed by atoms with Crippen LogP contribution in [0.4, 0.5) is 13.2 Å². The monoisotopic (exact) mass is 310 g/mol. The van der Waals surface area contributed by atoms with Crippen LogP contribution in [0.3, 0.4) is 0 Å². The molecule has 0 aliphatic carbocycles. The Morgan fingerprint density at radius 1 is 1.24 bits per heavy atom. The van der Waals surface area contributed by atoms with Gasteiger partial charge in [-0.3, -0.25) is 0 Å². The predicted molar refractivity (Wildman–Crippen MR) is 64.7 cm³/mol. The molecule has 5 heteroatoms. The summed E-state index contributed by atoms with van der Waals surface area (Å²) in [4.78, 5) is -1.63. The van der Waals surface area contributed by atoms with Crippen LogP contribution in [0.25, 0.3) is 0 Å². The van der Waals surface area contributed by atoms with Crippen LogP contribution in [0.5, 0.6) is 5.75 Å². The van der Waals surface area contributed by atoms with Gasteiger partial charge in [0.25, 0.3) is 0 Å². The number of aryl methyl sites for hydroxylation is 1. The first-order valence-corrected chi connectivity index (χ1v) is 6.27. The van der Waals surface area contributed by atoms with Gasteiger partial charge in [-0.15, -0.1) is 0 Å². The average molecular weight is 311 g/mol. The number of ether oxygens (including phenoxy) is 1. The first kappa shape index (κ1) is 14.4. The van der Waals surface area contributed by atoms with Gasteiger partial charge in [0.2, 0.25) is 0 Å². The second kappa shape index (κ2) is 6.28. The summed E-state index contributed by atoms with van der Waals surface area (Å²) in [5, 5.41) is 0. The standard InChI is InChI=1S/C12H14BrF3O/c1-2-3-9-4-6-10(7-5-9)17-8-11(13)12(14,15)16/h4-7,11H,2-3,8H2,1H3. The molecule has 0 aliphatic rings. The predicted octanol–water partition coefficient (Wildman–Crippen LogP) is 4.34. The van der Waals surface area contributed by atoms with E-state index in [1.807, 2.05) is 12.1 Å². The molecule has 96 valence electrons. The Kier molecular flexibility index (Phi) is 5.31. The van der Waals surface area contributed by atoms with E-state index in [1.54, 1.807) is 12.1 Å². The van der Waals surface area contributed by atoms with E-state index in [-0.39, 0.29) is 0 Å². The second-order valence-corrected chi connectivity index (χ2v) is 4.82. The molecule has 1 aromatic carbocycles. The van der Waals surface area contributed by atoms with Crippen molar-refractivity contribution < 1.29 is 17.9 Å². The zero-order valence-electron chi connectivity index (χ0n) is 9.43. The van der Waals surface area contributed by atoms with Gasteiger partial charge >= 0.3 is 6.18 Å². The zero-order chi connectivity index (χ0) is 12.9. The van der Waals surface area contributed by atoms with Crippen LogP contribution in [-0.2, 0) is 6.42 Å². The molecule has 0 radical (unpaired) electrons. The fraction of sp³-hybridized carbons (Fsp3) is 0.500. The lowest BCUT2D eigenvalue weighted by atomic mass is 10.1. The summed E-state index contributed by atoms with van der Waals surface area (Å²) in [6.07, 6.45) is -2.27. The Bertz CT molecular complexity index is 335. The van der Waals surface area contributed by atoms with Gasteiger partial charge in [0.1, 0.15) is 17.2 Å². The molecule has 17 heavy (non-hydrogen) atoms. The third-order valence-corrected chi connectivity index (χ3v) is 3.00. The SMILES string of the molecule is CCCc1ccc(OCC(Br)C(F)(F)F)cc1. The summed E-state index contributed by atoms with van der Waals surface area (Å²) in [7, 11) is 0. The molecule has 0 bridgehead atoms. The van der Waals surface area contributed by atoms with Gasteiger partial charge in [-0.25, -0.2) is 0 Å². The topological polar surface area (TPSA) is 9.23 Å². The van der Waals surface area contributed by atoms with E-state index in [2.05, 4.69) is 22.9 Å². The van der Waals surface area contributed by atoms with Crippen LogP contribution in [0.1, 0.15) is 18.9 Å². The fourth-order valence-electron chi connectivity index (χ4n) is 1.30. The van der Waals surface area contributed by atoms with Crippen LogP contribution < -0.4 is 4.74 Å². The third kappa shape index (κ3) is 4.98. The van der Waals surface area contributed by atoms with Crippen LogP contribution in [-0.4, -0.2) is 17.6 Å². The highest BCUT2D eigenvalue weighted by Crippen LogP contribution is 2.27. The van der Waals surface area contributed by atoms with Gasteiger partial charge in [0.05, 0.1) is 0 Å². The zero-order valence-corrected chi connectivity index (χ0v) is 11.0. The van der Waals surface area contributed by atoms with E-state index in [9.17, 15) is 13.2 Å². The normalized spacial score (nSPS) is 13.5. The summed E-state index contributed by atoms with van der Waals surface area (Å²) >= 11 is 2.55. The van der Waals surface area contributed by atoms with Gasteiger partial charge in [-0.1, -0.05) is 41.4 Å². The van der Waals surface area contributed by atoms with Crippen LogP contribution in [0, 0.1) is 0 Å². The number of hydrogen-bond donors (Lipinski definition) is 0. The molecule has 1 rings (SSSR count). The molecule has 1 nitrogen and oxygen atoms in total. The van der Waals surface area contributed by atoms with E-state index in [0.29, 0.717) is 5.75 Å². The van der Waals surface area contributed by atoms with Crippen molar-refractivity contribution in [2.45, 2.75) is 30.8 Å². The number of benzene rings is 1. The minimum Gasteiger partial charge on any atom is -0.492 e. The van der Waals surface area contributed by atoms with Gasteiger partial charge in [-0.2, -0.15) is 13.2 Å². The van der Waals surface area contributed by atoms with Crippen molar-refractivity contribution in [3.63, 3.8) is 0 Å². The third-order valence-electron chi connectivity index (χ3n) is 2.21. The highest BCUT2D eigenvalue weighted by Gasteiger charge is 2.38. The maximum Gasteiger partial charge on any atom is 0.404 e. The second-order valence-electron chi connectivity index (χ2n) is 3.71. The summed E-state index contributed by atoms with van der Waals surface area (Å²) < 4.78 is 41.6. The Morgan fingerprint density at radius 2 is 1.82 bits per heavy atom. The summed E-state index contributed by atoms with van der Waals surface area (Å²) in [6, 6.07) is 7.13. The van der Waals surface area contributed by atoms with Crippen LogP contribution >= 0.6 is 15.9 Å². The largest absolute Gasteiger partial charge is 0.492 e. The first-order chi connectivity index (χ1) is 7.93. The molecule has 0 N–H and O–H groups in total. The number of hydrogen-bond acceptors (Lipinski definition) is 1.